The van der Waals surface area contributed by atoms with E-state index in [4.69, 9.17) is 14.2 Å². The van der Waals surface area contributed by atoms with Crippen LogP contribution in [0.5, 0.6) is 5.75 Å². The lowest BCUT2D eigenvalue weighted by molar-refractivity contribution is -0.143. The molecule has 3 heterocycles. The molecule has 366 valence electrons. The lowest BCUT2D eigenvalue weighted by Gasteiger charge is -2.48. The van der Waals surface area contributed by atoms with Crippen LogP contribution in [0.25, 0.3) is 0 Å². The number of carbonyl (C=O) groups excluding carboxylic acids is 4. The van der Waals surface area contributed by atoms with E-state index >= 15 is 0 Å². The molecule has 0 spiro atoms. The average molecular weight is 946 g/mol. The van der Waals surface area contributed by atoms with Crippen LogP contribution in [-0.2, 0) is 39.5 Å². The molecule has 0 saturated carbocycles. The normalized spacial score (nSPS) is 19.9. The molecule has 3 atom stereocenters. The van der Waals surface area contributed by atoms with Gasteiger partial charge in [-0.15, -0.1) is 0 Å². The number of halogens is 6. The number of piperazine rings is 1. The largest absolute Gasteiger partial charge is 0.514 e. The first-order valence-electron chi connectivity index (χ1n) is 22.7. The molecule has 67 heavy (non-hydrogen) atoms. The molecular weight excluding hydrogens is 885 g/mol. The number of nitrogens with one attached hydrogen (secondary N) is 1. The Morgan fingerprint density at radius 2 is 1.19 bits per heavy atom. The molecule has 0 aliphatic carbocycles. The Hall–Kier alpha value is -5.36. The average Bonchev–Trinajstić information content (AvgIpc) is 3.25. The molecule has 3 saturated heterocycles. The van der Waals surface area contributed by atoms with E-state index in [1.165, 1.54) is 4.90 Å². The first kappa shape index (κ1) is 51.0. The Balaban J connectivity index is 1.06. The molecule has 3 aliphatic rings. The van der Waals surface area contributed by atoms with E-state index in [0.29, 0.717) is 57.3 Å². The Kier molecular flexibility index (Phi) is 15.9. The second-order valence-corrected chi connectivity index (χ2v) is 19.6. The number of ether oxygens (including phenoxy) is 3. The minimum absolute atomic E-state index is 0.0344. The van der Waals surface area contributed by atoms with Gasteiger partial charge in [-0.25, -0.2) is 9.59 Å². The van der Waals surface area contributed by atoms with Gasteiger partial charge in [-0.3, -0.25) is 19.4 Å². The Morgan fingerprint density at radius 3 is 1.73 bits per heavy atom. The van der Waals surface area contributed by atoms with Gasteiger partial charge in [-0.2, -0.15) is 26.3 Å². The van der Waals surface area contributed by atoms with E-state index in [9.17, 15) is 45.5 Å². The lowest BCUT2D eigenvalue weighted by atomic mass is 9.90. The zero-order valence-electron chi connectivity index (χ0n) is 38.8. The van der Waals surface area contributed by atoms with Gasteiger partial charge in [0.05, 0.1) is 11.1 Å². The van der Waals surface area contributed by atoms with Gasteiger partial charge in [0, 0.05) is 75.9 Å². The van der Waals surface area contributed by atoms with Crippen LogP contribution in [0.2, 0.25) is 0 Å². The van der Waals surface area contributed by atoms with Crippen molar-refractivity contribution in [1.82, 2.24) is 24.9 Å². The molecule has 1 N–H and O–H groups in total. The molecule has 3 aliphatic heterocycles. The van der Waals surface area contributed by atoms with Crippen molar-refractivity contribution in [2.75, 3.05) is 45.8 Å². The van der Waals surface area contributed by atoms with Crippen molar-refractivity contribution < 1.29 is 59.7 Å². The number of benzene rings is 3. The number of carbonyl (C=O) groups is 4. The van der Waals surface area contributed by atoms with Gasteiger partial charge in [0.2, 0.25) is 5.91 Å². The van der Waals surface area contributed by atoms with Crippen molar-refractivity contribution in [2.24, 2.45) is 0 Å². The lowest BCUT2D eigenvalue weighted by Crippen LogP contribution is -2.59. The number of alkyl carbamates (subject to hydrolysis) is 1. The summed E-state index contributed by atoms with van der Waals surface area (Å²) in [5.41, 5.74) is -3.59. The molecule has 3 aromatic carbocycles. The predicted octanol–water partition coefficient (Wildman–Crippen LogP) is 9.00. The third-order valence-electron chi connectivity index (χ3n) is 12.2. The first-order chi connectivity index (χ1) is 31.3. The second kappa shape index (κ2) is 20.9. The van der Waals surface area contributed by atoms with Crippen molar-refractivity contribution in [2.45, 2.75) is 128 Å². The summed E-state index contributed by atoms with van der Waals surface area (Å²) in [5, 5.41) is 2.77. The number of hydrogen-bond acceptors (Lipinski definition) is 9. The van der Waals surface area contributed by atoms with Crippen LogP contribution in [0, 0.1) is 0 Å². The van der Waals surface area contributed by atoms with Crippen LogP contribution in [0.15, 0.2) is 72.8 Å². The van der Waals surface area contributed by atoms with Crippen molar-refractivity contribution >= 4 is 24.1 Å². The molecule has 3 amide bonds. The molecule has 0 radical (unpaired) electrons. The Morgan fingerprint density at radius 1 is 0.657 bits per heavy atom. The number of nitrogens with zero attached hydrogens (tertiary/aromatic N) is 4. The Bertz CT molecular complexity index is 2140. The fourth-order valence-corrected chi connectivity index (χ4v) is 9.04. The SMILES string of the molecule is CC(C)(C)OC(=O)NC(Cc1ccc(OC(=O)OC(C)(C)C)cc1)C(=O)N1CCC(N2CCN(C3CCN(C(=O)c4cc(C(F)(F)F)cc(C(F)(F)F)c4)C(Cc4ccccc4)C3)CC2)CC1. The molecule has 3 fully saturated rings. The zero-order valence-corrected chi connectivity index (χ0v) is 38.8. The highest BCUT2D eigenvalue weighted by atomic mass is 19.4. The van der Waals surface area contributed by atoms with Crippen LogP contribution in [-0.4, -0.2) is 125 Å². The molecule has 0 aromatic heterocycles. The van der Waals surface area contributed by atoms with Crippen molar-refractivity contribution in [3.05, 3.63) is 101 Å². The van der Waals surface area contributed by atoms with Crippen molar-refractivity contribution in [3.8, 4) is 5.75 Å². The van der Waals surface area contributed by atoms with Gasteiger partial charge in [0.1, 0.15) is 23.0 Å². The highest BCUT2D eigenvalue weighted by Gasteiger charge is 2.41. The topological polar surface area (TPSA) is 121 Å². The van der Waals surface area contributed by atoms with Crippen molar-refractivity contribution in [1.29, 1.82) is 0 Å². The molecule has 3 unspecified atom stereocenters. The number of rotatable bonds is 10. The van der Waals surface area contributed by atoms with Crippen LogP contribution in [0.3, 0.4) is 0 Å². The van der Waals surface area contributed by atoms with Gasteiger partial charge in [-0.1, -0.05) is 42.5 Å². The molecule has 0 bridgehead atoms. The molecule has 6 rings (SSSR count). The monoisotopic (exact) mass is 945 g/mol. The van der Waals surface area contributed by atoms with Crippen LogP contribution in [0.1, 0.15) is 99.8 Å². The van der Waals surface area contributed by atoms with Crippen LogP contribution in [0.4, 0.5) is 35.9 Å². The van der Waals surface area contributed by atoms with Gasteiger partial charge in [-0.05, 0) is 115 Å². The second-order valence-electron chi connectivity index (χ2n) is 19.6. The number of alkyl halides is 6. The van der Waals surface area contributed by atoms with Crippen LogP contribution >= 0.6 is 0 Å². The molecule has 3 aromatic rings. The molecule has 12 nitrogen and oxygen atoms in total. The van der Waals surface area contributed by atoms with Crippen molar-refractivity contribution in [3.63, 3.8) is 0 Å². The summed E-state index contributed by atoms with van der Waals surface area (Å²) < 4.78 is 98.5. The van der Waals surface area contributed by atoms with E-state index in [1.54, 1.807) is 70.7 Å². The summed E-state index contributed by atoms with van der Waals surface area (Å²) in [6, 6.07) is 15.8. The fourth-order valence-electron chi connectivity index (χ4n) is 9.04. The number of likely N-dealkylation sites (tertiary alicyclic amines) is 2. The standard InChI is InChI=1S/C49H61F6N5O7/c1-46(2,3)66-44(63)56-41(27-33-12-14-40(15-13-33)65-45(64)67-47(4,5)6)43(62)59-19-16-37(17-20-59)57-22-24-58(25-23-57)38-18-21-60(39(31-38)26-32-10-8-7-9-11-32)42(61)34-28-35(48(50,51)52)30-36(29-34)49(53,54)55/h7-15,28-30,37-39,41H,16-27,31H2,1-6H3,(H,56,63). The van der Waals surface area contributed by atoms with E-state index in [2.05, 4.69) is 15.1 Å². The van der Waals surface area contributed by atoms with Crippen LogP contribution < -0.4 is 10.1 Å². The first-order valence-corrected chi connectivity index (χ1v) is 22.7. The van der Waals surface area contributed by atoms with Gasteiger partial charge in [0.15, 0.2) is 0 Å². The third kappa shape index (κ3) is 14.6. The van der Waals surface area contributed by atoms with E-state index in [0.717, 1.165) is 37.3 Å². The fraction of sp³-hybridized carbons (Fsp3) is 0.551. The summed E-state index contributed by atoms with van der Waals surface area (Å²) in [7, 11) is 0. The maximum atomic E-state index is 14.1. The minimum atomic E-state index is -5.08. The highest BCUT2D eigenvalue weighted by molar-refractivity contribution is 5.95. The maximum Gasteiger partial charge on any atom is 0.514 e. The number of piperidine rings is 2. The predicted molar refractivity (Wildman–Crippen MR) is 237 cm³/mol. The minimum Gasteiger partial charge on any atom is -0.444 e. The third-order valence-corrected chi connectivity index (χ3v) is 12.2. The summed E-state index contributed by atoms with van der Waals surface area (Å²) in [6.07, 6.45) is -8.74. The van der Waals surface area contributed by atoms with Gasteiger partial charge < -0.3 is 29.3 Å². The quantitative estimate of drug-likeness (QED) is 0.121. The molecular formula is C49H61F6N5O7. The van der Waals surface area contributed by atoms with E-state index in [-0.39, 0.29) is 42.8 Å². The summed E-state index contributed by atoms with van der Waals surface area (Å²) in [5.74, 6) is -0.843. The molecule has 18 heteroatoms. The summed E-state index contributed by atoms with van der Waals surface area (Å²) >= 11 is 0. The smallest absolute Gasteiger partial charge is 0.444 e. The highest BCUT2D eigenvalue weighted by Crippen LogP contribution is 2.37. The Labute approximate surface area is 387 Å². The summed E-state index contributed by atoms with van der Waals surface area (Å²) in [4.78, 5) is 61.1. The van der Waals surface area contributed by atoms with E-state index in [1.807, 2.05) is 30.3 Å². The van der Waals surface area contributed by atoms with Gasteiger partial charge in [0.25, 0.3) is 5.91 Å². The summed E-state index contributed by atoms with van der Waals surface area (Å²) in [6.45, 7) is 14.5. The van der Waals surface area contributed by atoms with Gasteiger partial charge >= 0.3 is 24.6 Å². The number of hydrogen-bond donors (Lipinski definition) is 1. The van der Waals surface area contributed by atoms with E-state index < -0.39 is 70.5 Å². The maximum absolute atomic E-state index is 14.1. The number of amides is 3. The zero-order chi connectivity index (χ0) is 48.9.